The fourth-order valence-corrected chi connectivity index (χ4v) is 2.50. The molecule has 2 N–H and O–H groups in total. The molecule has 1 fully saturated rings. The van der Waals surface area contributed by atoms with Gasteiger partial charge in [-0.1, -0.05) is 56.2 Å². The van der Waals surface area contributed by atoms with Crippen LogP contribution in [0.25, 0.3) is 0 Å². The summed E-state index contributed by atoms with van der Waals surface area (Å²) in [7, 11) is 0. The summed E-state index contributed by atoms with van der Waals surface area (Å²) in [5, 5.41) is 18.5. The highest BCUT2D eigenvalue weighted by Gasteiger charge is 2.42. The number of hydrogen-bond acceptors (Lipinski definition) is 3. The van der Waals surface area contributed by atoms with E-state index in [2.05, 4.69) is 19.1 Å². The highest BCUT2D eigenvalue weighted by Crippen LogP contribution is 2.29. The lowest BCUT2D eigenvalue weighted by Crippen LogP contribution is -2.13. The number of hydrogen-bond donors (Lipinski definition) is 2. The molecule has 1 unspecified atom stereocenters. The number of carboxylic acid groups (broad SMARTS) is 1. The SMILES string of the molecule is CCCCC/C=C\C/C=C\C(O)[C@@H]1O[C@H]1C/C=C\CCCC(=O)O. The van der Waals surface area contributed by atoms with E-state index in [4.69, 9.17) is 9.84 Å². The quantitative estimate of drug-likeness (QED) is 0.280. The molecule has 4 nitrogen and oxygen atoms in total. The van der Waals surface area contributed by atoms with Crippen molar-refractivity contribution in [2.24, 2.45) is 0 Å². The Bertz CT molecular complexity index is 425. The average molecular weight is 336 g/mol. The summed E-state index contributed by atoms with van der Waals surface area (Å²) in [6.07, 6.45) is 19.8. The van der Waals surface area contributed by atoms with Crippen LogP contribution in [0.1, 0.15) is 64.7 Å². The molecule has 0 radical (unpaired) electrons. The second-order valence-corrected chi connectivity index (χ2v) is 6.25. The maximum atomic E-state index is 10.4. The molecule has 1 aliphatic heterocycles. The molecule has 24 heavy (non-hydrogen) atoms. The Morgan fingerprint density at radius 2 is 1.83 bits per heavy atom. The van der Waals surface area contributed by atoms with Crippen molar-refractivity contribution in [3.63, 3.8) is 0 Å². The highest BCUT2D eigenvalue weighted by atomic mass is 16.6. The Kier molecular flexibility index (Phi) is 11.2. The summed E-state index contributed by atoms with van der Waals surface area (Å²) in [4.78, 5) is 10.4. The number of aliphatic hydroxyl groups excluding tert-OH is 1. The van der Waals surface area contributed by atoms with Crippen molar-refractivity contribution < 1.29 is 19.7 Å². The Labute approximate surface area is 145 Å². The van der Waals surface area contributed by atoms with Crippen molar-refractivity contribution in [3.8, 4) is 0 Å². The smallest absolute Gasteiger partial charge is 0.303 e. The molecule has 0 aromatic rings. The van der Waals surface area contributed by atoms with Gasteiger partial charge in [-0.05, 0) is 38.5 Å². The molecule has 4 heteroatoms. The highest BCUT2D eigenvalue weighted by molar-refractivity contribution is 5.66. The van der Waals surface area contributed by atoms with E-state index < -0.39 is 12.1 Å². The topological polar surface area (TPSA) is 70.1 Å². The molecule has 1 aliphatic rings. The first-order chi connectivity index (χ1) is 11.6. The van der Waals surface area contributed by atoms with Crippen LogP contribution in [0, 0.1) is 0 Å². The van der Waals surface area contributed by atoms with Crippen molar-refractivity contribution in [1.82, 2.24) is 0 Å². The Hall–Kier alpha value is -1.39. The number of epoxide rings is 1. The summed E-state index contributed by atoms with van der Waals surface area (Å²) < 4.78 is 5.48. The molecule has 3 atom stereocenters. The zero-order valence-corrected chi connectivity index (χ0v) is 14.8. The fraction of sp³-hybridized carbons (Fsp3) is 0.650. The van der Waals surface area contributed by atoms with Crippen LogP contribution in [0.5, 0.6) is 0 Å². The van der Waals surface area contributed by atoms with E-state index in [0.29, 0.717) is 6.42 Å². The number of allylic oxidation sites excluding steroid dienone is 4. The summed E-state index contributed by atoms with van der Waals surface area (Å²) in [5.41, 5.74) is 0. The van der Waals surface area contributed by atoms with Crippen LogP contribution in [0.15, 0.2) is 36.5 Å². The maximum Gasteiger partial charge on any atom is 0.303 e. The number of aliphatic carboxylic acids is 1. The monoisotopic (exact) mass is 336 g/mol. The number of ether oxygens (including phenoxy) is 1. The Morgan fingerprint density at radius 3 is 2.58 bits per heavy atom. The van der Waals surface area contributed by atoms with E-state index in [0.717, 1.165) is 25.7 Å². The van der Waals surface area contributed by atoms with Crippen molar-refractivity contribution in [1.29, 1.82) is 0 Å². The summed E-state index contributed by atoms with van der Waals surface area (Å²) >= 11 is 0. The van der Waals surface area contributed by atoms with Gasteiger partial charge in [-0.2, -0.15) is 0 Å². The largest absolute Gasteiger partial charge is 0.481 e. The molecular weight excluding hydrogens is 304 g/mol. The van der Waals surface area contributed by atoms with Gasteiger partial charge in [0.05, 0.1) is 6.10 Å². The molecule has 136 valence electrons. The standard InChI is InChI=1S/C20H32O4/c1-2-3-4-5-6-7-8-11-14-17(21)20-18(24-20)15-12-9-10-13-16-19(22)23/h6-7,9,11-12,14,17-18,20-21H,2-5,8,10,13,15-16H2,1H3,(H,22,23)/b7-6-,12-9-,14-11-/t17?,18-,20-/m0/s1. The van der Waals surface area contributed by atoms with Gasteiger partial charge >= 0.3 is 5.97 Å². The van der Waals surface area contributed by atoms with Crippen LogP contribution < -0.4 is 0 Å². The van der Waals surface area contributed by atoms with Crippen molar-refractivity contribution >= 4 is 5.97 Å². The number of carbonyl (C=O) groups is 1. The molecule has 0 spiro atoms. The van der Waals surface area contributed by atoms with Crippen molar-refractivity contribution in [3.05, 3.63) is 36.5 Å². The minimum absolute atomic E-state index is 0.0879. The summed E-state index contributed by atoms with van der Waals surface area (Å²) in [6, 6.07) is 0. The summed E-state index contributed by atoms with van der Waals surface area (Å²) in [5.74, 6) is -0.750. The zero-order valence-electron chi connectivity index (χ0n) is 14.8. The average Bonchev–Trinajstić information content (AvgIpc) is 3.32. The zero-order chi connectivity index (χ0) is 17.6. The van der Waals surface area contributed by atoms with Crippen LogP contribution in [0.4, 0.5) is 0 Å². The molecule has 0 saturated carbocycles. The summed E-state index contributed by atoms with van der Waals surface area (Å²) in [6.45, 7) is 2.20. The minimum Gasteiger partial charge on any atom is -0.481 e. The second-order valence-electron chi connectivity index (χ2n) is 6.25. The first-order valence-corrected chi connectivity index (χ1v) is 9.17. The van der Waals surface area contributed by atoms with Crippen LogP contribution in [0.3, 0.4) is 0 Å². The first-order valence-electron chi connectivity index (χ1n) is 9.17. The lowest BCUT2D eigenvalue weighted by atomic mass is 10.1. The second kappa shape index (κ2) is 13.0. The van der Waals surface area contributed by atoms with E-state index >= 15 is 0 Å². The predicted molar refractivity (Wildman–Crippen MR) is 97.0 cm³/mol. The van der Waals surface area contributed by atoms with E-state index in [-0.39, 0.29) is 18.6 Å². The van der Waals surface area contributed by atoms with Crippen molar-refractivity contribution in [2.45, 2.75) is 83.0 Å². The first kappa shape index (κ1) is 20.7. The van der Waals surface area contributed by atoms with Gasteiger partial charge in [-0.25, -0.2) is 0 Å². The van der Waals surface area contributed by atoms with E-state index in [1.807, 2.05) is 24.3 Å². The number of carboxylic acids is 1. The minimum atomic E-state index is -0.750. The van der Waals surface area contributed by atoms with Gasteiger partial charge in [0.15, 0.2) is 0 Å². The van der Waals surface area contributed by atoms with Crippen LogP contribution >= 0.6 is 0 Å². The van der Waals surface area contributed by atoms with Gasteiger partial charge in [-0.3, -0.25) is 4.79 Å². The fourth-order valence-electron chi connectivity index (χ4n) is 2.50. The predicted octanol–water partition coefficient (Wildman–Crippen LogP) is 4.40. The lowest BCUT2D eigenvalue weighted by molar-refractivity contribution is -0.137. The van der Waals surface area contributed by atoms with E-state index in [1.54, 1.807) is 0 Å². The number of unbranched alkanes of at least 4 members (excludes halogenated alkanes) is 4. The molecule has 1 rings (SSSR count). The number of rotatable bonds is 14. The molecule has 0 amide bonds. The molecule has 0 aliphatic carbocycles. The van der Waals surface area contributed by atoms with Gasteiger partial charge in [0.25, 0.3) is 0 Å². The molecule has 0 aromatic carbocycles. The normalized spacial score (nSPS) is 21.9. The third-order valence-electron chi connectivity index (χ3n) is 4.00. The van der Waals surface area contributed by atoms with Crippen molar-refractivity contribution in [2.75, 3.05) is 0 Å². The maximum absolute atomic E-state index is 10.4. The van der Waals surface area contributed by atoms with Crippen LogP contribution in [0.2, 0.25) is 0 Å². The third kappa shape index (κ3) is 10.4. The lowest BCUT2D eigenvalue weighted by Gasteiger charge is -1.99. The van der Waals surface area contributed by atoms with E-state index in [9.17, 15) is 9.90 Å². The third-order valence-corrected chi connectivity index (χ3v) is 4.00. The molecule has 0 aromatic heterocycles. The molecular formula is C20H32O4. The van der Waals surface area contributed by atoms with Gasteiger partial charge in [0, 0.05) is 6.42 Å². The van der Waals surface area contributed by atoms with Gasteiger partial charge in [-0.15, -0.1) is 0 Å². The van der Waals surface area contributed by atoms with Crippen LogP contribution in [-0.4, -0.2) is 34.5 Å². The van der Waals surface area contributed by atoms with Crippen LogP contribution in [-0.2, 0) is 9.53 Å². The number of aliphatic hydroxyl groups is 1. The van der Waals surface area contributed by atoms with Gasteiger partial charge in [0.1, 0.15) is 12.2 Å². The molecule has 1 heterocycles. The van der Waals surface area contributed by atoms with Gasteiger partial charge < -0.3 is 14.9 Å². The van der Waals surface area contributed by atoms with Gasteiger partial charge in [0.2, 0.25) is 0 Å². The molecule has 1 saturated heterocycles. The Morgan fingerprint density at radius 1 is 1.08 bits per heavy atom. The van der Waals surface area contributed by atoms with E-state index in [1.165, 1.54) is 19.3 Å². The Balaban J connectivity index is 2.04. The molecule has 0 bridgehead atoms.